The smallest absolute Gasteiger partial charge is 0.345 e. The molecular weight excluding hydrogens is 312 g/mol. The largest absolute Gasteiger partial charge is 0.477 e. The summed E-state index contributed by atoms with van der Waals surface area (Å²) in [5.41, 5.74) is 0.907. The van der Waals surface area contributed by atoms with Crippen molar-refractivity contribution in [3.05, 3.63) is 44.7 Å². The third kappa shape index (κ3) is 2.29. The van der Waals surface area contributed by atoms with Gasteiger partial charge >= 0.3 is 5.97 Å². The third-order valence-electron chi connectivity index (χ3n) is 2.01. The molecule has 0 unspecified atom stereocenters. The number of halogens is 2. The lowest BCUT2D eigenvalue weighted by Crippen LogP contribution is -1.89. The monoisotopic (exact) mass is 316 g/mol. The number of benzene rings is 1. The first kappa shape index (κ1) is 11.6. The first-order valence-corrected chi connectivity index (χ1v) is 6.35. The average molecular weight is 318 g/mol. The van der Waals surface area contributed by atoms with E-state index in [4.69, 9.17) is 16.7 Å². The molecule has 0 atom stereocenters. The van der Waals surface area contributed by atoms with E-state index in [1.807, 2.05) is 12.1 Å². The molecule has 1 N–H and O–H groups in total. The van der Waals surface area contributed by atoms with E-state index in [1.54, 1.807) is 18.2 Å². The van der Waals surface area contributed by atoms with E-state index >= 15 is 0 Å². The number of hydrogen-bond donors (Lipinski definition) is 1. The zero-order chi connectivity index (χ0) is 11.7. The Kier molecular flexibility index (Phi) is 3.33. The Morgan fingerprint density at radius 1 is 1.31 bits per heavy atom. The molecule has 16 heavy (non-hydrogen) atoms. The molecule has 1 aromatic heterocycles. The van der Waals surface area contributed by atoms with Crippen LogP contribution in [0.15, 0.2) is 34.8 Å². The SMILES string of the molecule is O=C(O)c1ccc(-c2cc(Cl)ccc2Br)s1. The van der Waals surface area contributed by atoms with Gasteiger partial charge in [-0.15, -0.1) is 11.3 Å². The number of thiophene rings is 1. The molecule has 0 aliphatic rings. The fourth-order valence-electron chi connectivity index (χ4n) is 1.28. The van der Waals surface area contributed by atoms with E-state index in [9.17, 15) is 4.79 Å². The molecule has 0 amide bonds. The molecule has 1 aromatic carbocycles. The maximum atomic E-state index is 10.8. The Balaban J connectivity index is 2.50. The minimum absolute atomic E-state index is 0.321. The highest BCUT2D eigenvalue weighted by atomic mass is 79.9. The van der Waals surface area contributed by atoms with Gasteiger partial charge in [-0.3, -0.25) is 0 Å². The molecule has 0 saturated carbocycles. The lowest BCUT2D eigenvalue weighted by molar-refractivity contribution is 0.0702. The van der Waals surface area contributed by atoms with Crippen molar-refractivity contribution in [2.45, 2.75) is 0 Å². The van der Waals surface area contributed by atoms with Crippen LogP contribution >= 0.6 is 38.9 Å². The average Bonchev–Trinajstić information content (AvgIpc) is 2.70. The Labute approximate surface area is 110 Å². The normalized spacial score (nSPS) is 10.4. The number of carbonyl (C=O) groups is 1. The highest BCUT2D eigenvalue weighted by Crippen LogP contribution is 2.35. The lowest BCUT2D eigenvalue weighted by Gasteiger charge is -2.01. The molecule has 2 rings (SSSR count). The van der Waals surface area contributed by atoms with Crippen LogP contribution < -0.4 is 0 Å². The summed E-state index contributed by atoms with van der Waals surface area (Å²) in [6, 6.07) is 8.81. The van der Waals surface area contributed by atoms with Crippen LogP contribution in [0.1, 0.15) is 9.67 Å². The second kappa shape index (κ2) is 4.57. The van der Waals surface area contributed by atoms with Crippen molar-refractivity contribution in [1.82, 2.24) is 0 Å². The Bertz CT molecular complexity index is 551. The molecule has 0 bridgehead atoms. The first-order chi connectivity index (χ1) is 7.58. The van der Waals surface area contributed by atoms with E-state index in [0.29, 0.717) is 9.90 Å². The molecule has 1 heterocycles. The molecule has 0 radical (unpaired) electrons. The minimum atomic E-state index is -0.908. The Morgan fingerprint density at radius 3 is 2.69 bits per heavy atom. The van der Waals surface area contributed by atoms with Gasteiger partial charge in [-0.05, 0) is 30.3 Å². The Hall–Kier alpha value is -0.840. The van der Waals surface area contributed by atoms with Crippen molar-refractivity contribution < 1.29 is 9.90 Å². The highest BCUT2D eigenvalue weighted by molar-refractivity contribution is 9.10. The zero-order valence-corrected chi connectivity index (χ0v) is 11.1. The van der Waals surface area contributed by atoms with Crippen LogP contribution in [0.4, 0.5) is 0 Å². The van der Waals surface area contributed by atoms with Crippen molar-refractivity contribution in [3.8, 4) is 10.4 Å². The standard InChI is InChI=1S/C11H6BrClO2S/c12-8-2-1-6(13)5-7(8)9-3-4-10(16-9)11(14)15/h1-5H,(H,14,15). The summed E-state index contributed by atoms with van der Waals surface area (Å²) < 4.78 is 0.899. The predicted octanol–water partition coefficient (Wildman–Crippen LogP) is 4.53. The second-order valence-electron chi connectivity index (χ2n) is 3.09. The molecule has 0 fully saturated rings. The maximum Gasteiger partial charge on any atom is 0.345 e. The van der Waals surface area contributed by atoms with Crippen molar-refractivity contribution in [2.75, 3.05) is 0 Å². The summed E-state index contributed by atoms with van der Waals surface area (Å²) in [4.78, 5) is 12.0. The van der Waals surface area contributed by atoms with Crippen molar-refractivity contribution in [1.29, 1.82) is 0 Å². The molecular formula is C11H6BrClO2S. The van der Waals surface area contributed by atoms with Crippen LogP contribution in [0, 0.1) is 0 Å². The summed E-state index contributed by atoms with van der Waals surface area (Å²) in [5.74, 6) is -0.908. The minimum Gasteiger partial charge on any atom is -0.477 e. The highest BCUT2D eigenvalue weighted by Gasteiger charge is 2.10. The van der Waals surface area contributed by atoms with Crippen LogP contribution in [0.5, 0.6) is 0 Å². The molecule has 0 aliphatic carbocycles. The van der Waals surface area contributed by atoms with Gasteiger partial charge in [0.05, 0.1) is 0 Å². The second-order valence-corrected chi connectivity index (χ2v) is 5.47. The van der Waals surface area contributed by atoms with E-state index in [1.165, 1.54) is 11.3 Å². The van der Waals surface area contributed by atoms with Crippen LogP contribution in [0.3, 0.4) is 0 Å². The van der Waals surface area contributed by atoms with Gasteiger partial charge in [-0.25, -0.2) is 4.79 Å². The molecule has 0 saturated heterocycles. The van der Waals surface area contributed by atoms with Crippen molar-refractivity contribution >= 4 is 44.8 Å². The van der Waals surface area contributed by atoms with E-state index < -0.39 is 5.97 Å². The molecule has 5 heteroatoms. The van der Waals surface area contributed by atoms with Gasteiger partial charge in [0.2, 0.25) is 0 Å². The molecule has 0 aliphatic heterocycles. The fraction of sp³-hybridized carbons (Fsp3) is 0. The number of aromatic carboxylic acids is 1. The fourth-order valence-corrected chi connectivity index (χ4v) is 2.92. The number of carboxylic acid groups (broad SMARTS) is 1. The van der Waals surface area contributed by atoms with Gasteiger partial charge < -0.3 is 5.11 Å². The molecule has 2 aromatic rings. The van der Waals surface area contributed by atoms with Gasteiger partial charge in [-0.2, -0.15) is 0 Å². The van der Waals surface area contributed by atoms with Gasteiger partial charge in [0.25, 0.3) is 0 Å². The zero-order valence-electron chi connectivity index (χ0n) is 7.91. The van der Waals surface area contributed by atoms with Gasteiger partial charge in [0.1, 0.15) is 4.88 Å². The van der Waals surface area contributed by atoms with Gasteiger partial charge in [-0.1, -0.05) is 27.5 Å². The number of hydrogen-bond acceptors (Lipinski definition) is 2. The van der Waals surface area contributed by atoms with E-state index in [0.717, 1.165) is 14.9 Å². The van der Waals surface area contributed by atoms with Crippen molar-refractivity contribution in [3.63, 3.8) is 0 Å². The van der Waals surface area contributed by atoms with Gasteiger partial charge in [0.15, 0.2) is 0 Å². The predicted molar refractivity (Wildman–Crippen MR) is 69.4 cm³/mol. The lowest BCUT2D eigenvalue weighted by atomic mass is 10.2. The van der Waals surface area contributed by atoms with Crippen LogP contribution in [-0.4, -0.2) is 11.1 Å². The summed E-state index contributed by atoms with van der Waals surface area (Å²) in [7, 11) is 0. The number of rotatable bonds is 2. The number of carboxylic acids is 1. The van der Waals surface area contributed by atoms with Crippen LogP contribution in [0.2, 0.25) is 5.02 Å². The molecule has 0 spiro atoms. The maximum absolute atomic E-state index is 10.8. The van der Waals surface area contributed by atoms with Crippen LogP contribution in [0.25, 0.3) is 10.4 Å². The third-order valence-corrected chi connectivity index (χ3v) is 4.04. The van der Waals surface area contributed by atoms with E-state index in [-0.39, 0.29) is 0 Å². The quantitative estimate of drug-likeness (QED) is 0.883. The molecule has 2 nitrogen and oxygen atoms in total. The summed E-state index contributed by atoms with van der Waals surface area (Å²) in [5, 5.41) is 9.47. The topological polar surface area (TPSA) is 37.3 Å². The molecule has 82 valence electrons. The van der Waals surface area contributed by atoms with Crippen molar-refractivity contribution in [2.24, 2.45) is 0 Å². The Morgan fingerprint density at radius 2 is 2.06 bits per heavy atom. The summed E-state index contributed by atoms with van der Waals surface area (Å²) in [6.45, 7) is 0. The van der Waals surface area contributed by atoms with Crippen LogP contribution in [-0.2, 0) is 0 Å². The first-order valence-electron chi connectivity index (χ1n) is 4.36. The summed E-state index contributed by atoms with van der Waals surface area (Å²) >= 11 is 10.5. The van der Waals surface area contributed by atoms with E-state index in [2.05, 4.69) is 15.9 Å². The summed E-state index contributed by atoms with van der Waals surface area (Å²) in [6.07, 6.45) is 0. The van der Waals surface area contributed by atoms with Gasteiger partial charge in [0, 0.05) is 19.9 Å².